The number of fused-ring (bicyclic) bond motifs is 1. The van der Waals surface area contributed by atoms with Gasteiger partial charge in [-0.3, -0.25) is 4.79 Å². The van der Waals surface area contributed by atoms with Crippen LogP contribution < -0.4 is 5.32 Å². The molecule has 0 saturated heterocycles. The molecule has 35 heavy (non-hydrogen) atoms. The highest BCUT2D eigenvalue weighted by Crippen LogP contribution is 2.34. The van der Waals surface area contributed by atoms with Crippen LogP contribution in [0.4, 0.5) is 13.2 Å². The van der Waals surface area contributed by atoms with E-state index in [9.17, 15) is 18.0 Å². The van der Waals surface area contributed by atoms with Crippen molar-refractivity contribution in [2.24, 2.45) is 0 Å². The minimum atomic E-state index is -4.43. The summed E-state index contributed by atoms with van der Waals surface area (Å²) in [6.45, 7) is 0.498. The van der Waals surface area contributed by atoms with Crippen molar-refractivity contribution in [2.45, 2.75) is 44.2 Å². The average molecular weight is 489 g/mol. The Balaban J connectivity index is 1.48. The third-order valence-corrected chi connectivity index (χ3v) is 5.66. The number of para-hydroxylation sites is 2. The molecule has 4 rings (SSSR count). The lowest BCUT2D eigenvalue weighted by Gasteiger charge is -2.29. The summed E-state index contributed by atoms with van der Waals surface area (Å²) >= 11 is 0. The van der Waals surface area contributed by atoms with E-state index in [0.717, 1.165) is 23.2 Å². The number of halogens is 3. The van der Waals surface area contributed by atoms with Crippen LogP contribution in [0.3, 0.4) is 0 Å². The summed E-state index contributed by atoms with van der Waals surface area (Å²) < 4.78 is 50.4. The second-order valence-electron chi connectivity index (χ2n) is 8.23. The van der Waals surface area contributed by atoms with E-state index in [1.165, 1.54) is 12.1 Å². The molecule has 0 unspecified atom stereocenters. The van der Waals surface area contributed by atoms with Gasteiger partial charge in [0.1, 0.15) is 5.82 Å². The average Bonchev–Trinajstić information content (AvgIpc) is 3.28. The van der Waals surface area contributed by atoms with Crippen LogP contribution >= 0.6 is 0 Å². The molecule has 3 N–H and O–H groups in total. The van der Waals surface area contributed by atoms with E-state index < -0.39 is 23.9 Å². The van der Waals surface area contributed by atoms with Crippen molar-refractivity contribution >= 4 is 16.9 Å². The van der Waals surface area contributed by atoms with Gasteiger partial charge in [-0.1, -0.05) is 24.3 Å². The van der Waals surface area contributed by atoms with Crippen LogP contribution in [-0.4, -0.2) is 40.5 Å². The molecule has 1 aromatic heterocycles. The quantitative estimate of drug-likeness (QED) is 0.387. The number of unbranched alkanes of at least 4 members (excludes halogenated alkanes) is 1. The third kappa shape index (κ3) is 6.40. The fourth-order valence-electron chi connectivity index (χ4n) is 3.84. The third-order valence-electron chi connectivity index (χ3n) is 5.66. The van der Waals surface area contributed by atoms with Gasteiger partial charge >= 0.3 is 6.18 Å². The summed E-state index contributed by atoms with van der Waals surface area (Å²) in [6.07, 6.45) is -2.06. The van der Waals surface area contributed by atoms with E-state index >= 15 is 0 Å². The number of allylic oxidation sites excluding steroid dienone is 1. The van der Waals surface area contributed by atoms with Crippen LogP contribution in [0.1, 0.15) is 42.1 Å². The Morgan fingerprint density at radius 2 is 1.94 bits per heavy atom. The van der Waals surface area contributed by atoms with Gasteiger partial charge in [-0.15, -0.1) is 0 Å². The fraction of sp³-hybridized carbons (Fsp3) is 0.360. The SMILES string of the molecule is O=C(NCc1nc2ccccc2[nH]1)C1=C[C@H](c2ccc(C(F)(F)F)cc2)C[C@H](OCCCCO)O1. The summed E-state index contributed by atoms with van der Waals surface area (Å²) in [5, 5.41) is 11.7. The highest BCUT2D eigenvalue weighted by Gasteiger charge is 2.32. The van der Waals surface area contributed by atoms with Crippen molar-refractivity contribution in [3.05, 3.63) is 77.3 Å². The van der Waals surface area contributed by atoms with Gasteiger partial charge in [-0.25, -0.2) is 4.98 Å². The first kappa shape index (κ1) is 24.7. The van der Waals surface area contributed by atoms with Crippen LogP contribution in [0.5, 0.6) is 0 Å². The highest BCUT2D eigenvalue weighted by atomic mass is 19.4. The molecule has 0 fully saturated rings. The second-order valence-corrected chi connectivity index (χ2v) is 8.23. The fourth-order valence-corrected chi connectivity index (χ4v) is 3.84. The Morgan fingerprint density at radius 3 is 2.66 bits per heavy atom. The number of amides is 1. The van der Waals surface area contributed by atoms with Gasteiger partial charge in [0.25, 0.3) is 5.91 Å². The molecule has 0 saturated carbocycles. The van der Waals surface area contributed by atoms with Crippen molar-refractivity contribution in [1.82, 2.24) is 15.3 Å². The number of alkyl halides is 3. The van der Waals surface area contributed by atoms with Crippen molar-refractivity contribution < 1.29 is 32.5 Å². The number of hydrogen-bond donors (Lipinski definition) is 3. The maximum atomic E-state index is 13.0. The highest BCUT2D eigenvalue weighted by molar-refractivity contribution is 5.91. The number of aliphatic hydroxyl groups excluding tert-OH is 1. The molecule has 2 atom stereocenters. The zero-order chi connectivity index (χ0) is 24.8. The molecule has 1 aliphatic rings. The molecule has 10 heteroatoms. The largest absolute Gasteiger partial charge is 0.459 e. The Morgan fingerprint density at radius 1 is 1.17 bits per heavy atom. The monoisotopic (exact) mass is 489 g/mol. The predicted octanol–water partition coefficient (Wildman–Crippen LogP) is 4.40. The molecule has 2 heterocycles. The van der Waals surface area contributed by atoms with Gasteiger partial charge in [0.15, 0.2) is 5.76 Å². The van der Waals surface area contributed by atoms with Crippen LogP contribution in [0.2, 0.25) is 0 Å². The number of carbonyl (C=O) groups is 1. The van der Waals surface area contributed by atoms with Gasteiger partial charge in [0, 0.05) is 18.9 Å². The Labute approximate surface area is 200 Å². The van der Waals surface area contributed by atoms with Crippen molar-refractivity contribution in [3.8, 4) is 0 Å². The zero-order valence-corrected chi connectivity index (χ0v) is 18.8. The topological polar surface area (TPSA) is 96.5 Å². The maximum Gasteiger partial charge on any atom is 0.416 e. The number of H-pyrrole nitrogens is 1. The van der Waals surface area contributed by atoms with E-state index in [4.69, 9.17) is 14.6 Å². The summed E-state index contributed by atoms with van der Waals surface area (Å²) in [5.41, 5.74) is 1.51. The van der Waals surface area contributed by atoms with Crippen molar-refractivity contribution in [1.29, 1.82) is 0 Å². The minimum Gasteiger partial charge on any atom is -0.459 e. The summed E-state index contributed by atoms with van der Waals surface area (Å²) in [6, 6.07) is 12.4. The van der Waals surface area contributed by atoms with E-state index in [2.05, 4.69) is 15.3 Å². The molecular formula is C25H26F3N3O4. The number of ether oxygens (including phenoxy) is 2. The molecule has 0 radical (unpaired) electrons. The van der Waals surface area contributed by atoms with Crippen LogP contribution in [0.25, 0.3) is 11.0 Å². The Bertz CT molecular complexity index is 1140. The number of hydrogen-bond acceptors (Lipinski definition) is 5. The lowest BCUT2D eigenvalue weighted by atomic mass is 9.92. The summed E-state index contributed by atoms with van der Waals surface area (Å²) in [7, 11) is 0. The smallest absolute Gasteiger partial charge is 0.416 e. The first-order valence-corrected chi connectivity index (χ1v) is 11.3. The zero-order valence-electron chi connectivity index (χ0n) is 18.8. The number of benzene rings is 2. The second kappa shape index (κ2) is 10.9. The standard InChI is InChI=1S/C25H26F3N3O4/c26-25(27,28)18-9-7-16(8-10-18)17-13-21(35-23(14-17)34-12-4-3-11-32)24(33)29-15-22-30-19-5-1-2-6-20(19)31-22/h1-2,5-10,13,17,23,32H,3-4,11-12,14-15H2,(H,29,33)(H,30,31)/t17-,23+/m0/s1. The molecule has 1 aliphatic heterocycles. The first-order chi connectivity index (χ1) is 16.8. The van der Waals surface area contributed by atoms with E-state index in [0.29, 0.717) is 37.3 Å². The molecule has 0 spiro atoms. The number of nitrogens with one attached hydrogen (secondary N) is 2. The van der Waals surface area contributed by atoms with E-state index in [1.54, 1.807) is 6.08 Å². The normalized spacial score (nSPS) is 18.2. The number of aromatic amines is 1. The number of rotatable bonds is 9. The molecule has 0 bridgehead atoms. The molecule has 2 aromatic carbocycles. The van der Waals surface area contributed by atoms with Crippen LogP contribution in [0, 0.1) is 0 Å². The Kier molecular flexibility index (Phi) is 7.72. The van der Waals surface area contributed by atoms with Gasteiger partial charge in [0.05, 0.1) is 29.7 Å². The van der Waals surface area contributed by atoms with E-state index in [1.807, 2.05) is 24.3 Å². The van der Waals surface area contributed by atoms with Crippen molar-refractivity contribution in [3.63, 3.8) is 0 Å². The number of nitrogens with zero attached hydrogens (tertiary/aromatic N) is 1. The van der Waals surface area contributed by atoms with Crippen molar-refractivity contribution in [2.75, 3.05) is 13.2 Å². The number of aliphatic hydroxyl groups is 1. The lowest BCUT2D eigenvalue weighted by molar-refractivity contribution is -0.146. The molecule has 3 aromatic rings. The minimum absolute atomic E-state index is 0.0319. The van der Waals surface area contributed by atoms with Gasteiger partial charge in [-0.2, -0.15) is 13.2 Å². The number of carbonyl (C=O) groups excluding carboxylic acids is 1. The first-order valence-electron chi connectivity index (χ1n) is 11.3. The maximum absolute atomic E-state index is 13.0. The lowest BCUT2D eigenvalue weighted by Crippen LogP contribution is -2.33. The molecule has 186 valence electrons. The molecule has 7 nitrogen and oxygen atoms in total. The number of aromatic nitrogens is 2. The van der Waals surface area contributed by atoms with Crippen LogP contribution in [-0.2, 0) is 27.0 Å². The van der Waals surface area contributed by atoms with E-state index in [-0.39, 0.29) is 24.8 Å². The summed E-state index contributed by atoms with van der Waals surface area (Å²) in [5.74, 6) is -0.247. The van der Waals surface area contributed by atoms with Crippen LogP contribution in [0.15, 0.2) is 60.4 Å². The van der Waals surface area contributed by atoms with Gasteiger partial charge in [-0.05, 0) is 48.7 Å². The molecule has 1 amide bonds. The summed E-state index contributed by atoms with van der Waals surface area (Å²) in [4.78, 5) is 20.4. The number of imidazole rings is 1. The van der Waals surface area contributed by atoms with Gasteiger partial charge in [0.2, 0.25) is 6.29 Å². The van der Waals surface area contributed by atoms with Gasteiger partial charge < -0.3 is 24.9 Å². The molecular weight excluding hydrogens is 463 g/mol. The predicted molar refractivity (Wildman–Crippen MR) is 122 cm³/mol. The Hall–Kier alpha value is -3.37. The molecule has 0 aliphatic carbocycles.